The predicted molar refractivity (Wildman–Crippen MR) is 123 cm³/mol. The van der Waals surface area contributed by atoms with E-state index in [9.17, 15) is 9.90 Å². The summed E-state index contributed by atoms with van der Waals surface area (Å²) in [6, 6.07) is 3.84. The summed E-state index contributed by atoms with van der Waals surface area (Å²) in [5, 5.41) is 14.6. The van der Waals surface area contributed by atoms with Gasteiger partial charge in [-0.3, -0.25) is 4.90 Å². The van der Waals surface area contributed by atoms with Gasteiger partial charge in [0.1, 0.15) is 5.82 Å². The van der Waals surface area contributed by atoms with Crippen LogP contribution >= 0.6 is 0 Å². The lowest BCUT2D eigenvalue weighted by atomic mass is 10.00. The zero-order valence-electron chi connectivity index (χ0n) is 19.4. The standard InChI is InChI=1S/C22H35N5O3Si/c1-22(2,3)31(4,5)30-15-16-13-19(25-10-8-11-25)23-20-14-17(24-27(16)20)18-9-6-7-12-26(18)21(28)29/h13-14,18H,6-12,15H2,1-5H3,(H,28,29)/t18-/m0/s1. The molecule has 1 amide bonds. The Hall–Kier alpha value is -2.13. The van der Waals surface area contributed by atoms with E-state index in [4.69, 9.17) is 14.5 Å². The van der Waals surface area contributed by atoms with Crippen molar-refractivity contribution in [1.29, 1.82) is 0 Å². The van der Waals surface area contributed by atoms with Crippen molar-refractivity contribution in [3.05, 3.63) is 23.5 Å². The fourth-order valence-electron chi connectivity index (χ4n) is 3.95. The number of fused-ring (bicyclic) bond motifs is 1. The quantitative estimate of drug-likeness (QED) is 0.674. The number of aromatic nitrogens is 3. The third-order valence-electron chi connectivity index (χ3n) is 7.16. The number of anilines is 1. The van der Waals surface area contributed by atoms with Crippen LogP contribution in [0.3, 0.4) is 0 Å². The van der Waals surface area contributed by atoms with Crippen molar-refractivity contribution in [2.45, 2.75) is 77.2 Å². The summed E-state index contributed by atoms with van der Waals surface area (Å²) in [4.78, 5) is 20.4. The molecule has 0 bridgehead atoms. The van der Waals surface area contributed by atoms with Crippen LogP contribution in [0.25, 0.3) is 5.65 Å². The lowest BCUT2D eigenvalue weighted by Crippen LogP contribution is -2.41. The SMILES string of the molecule is CC(C)(C)[Si](C)(C)OCc1cc(N2CCC2)nc2cc([C@@H]3CCCCN3C(=O)O)nn12. The molecule has 2 fully saturated rings. The van der Waals surface area contributed by atoms with Crippen molar-refractivity contribution in [2.75, 3.05) is 24.5 Å². The third kappa shape index (κ3) is 4.30. The van der Waals surface area contributed by atoms with Gasteiger partial charge in [0.2, 0.25) is 0 Å². The Bertz CT molecular complexity index is 964. The molecule has 31 heavy (non-hydrogen) atoms. The van der Waals surface area contributed by atoms with E-state index in [0.29, 0.717) is 13.2 Å². The Morgan fingerprint density at radius 1 is 1.19 bits per heavy atom. The van der Waals surface area contributed by atoms with Crippen LogP contribution in [-0.2, 0) is 11.0 Å². The highest BCUT2D eigenvalue weighted by Gasteiger charge is 2.37. The number of amides is 1. The summed E-state index contributed by atoms with van der Waals surface area (Å²) < 4.78 is 8.38. The Kier molecular flexibility index (Phi) is 5.76. The van der Waals surface area contributed by atoms with Crippen molar-refractivity contribution in [2.24, 2.45) is 0 Å². The number of hydrogen-bond donors (Lipinski definition) is 1. The smallest absolute Gasteiger partial charge is 0.407 e. The van der Waals surface area contributed by atoms with E-state index >= 15 is 0 Å². The van der Waals surface area contributed by atoms with E-state index < -0.39 is 14.4 Å². The molecule has 0 aliphatic carbocycles. The molecular formula is C22H35N5O3Si. The minimum atomic E-state index is -1.93. The average Bonchev–Trinajstić information content (AvgIpc) is 3.08. The van der Waals surface area contributed by atoms with Crippen molar-refractivity contribution in [1.82, 2.24) is 19.5 Å². The number of likely N-dealkylation sites (tertiary alicyclic amines) is 1. The Morgan fingerprint density at radius 2 is 1.94 bits per heavy atom. The summed E-state index contributed by atoms with van der Waals surface area (Å²) in [5.41, 5.74) is 2.52. The lowest BCUT2D eigenvalue weighted by Gasteiger charge is -2.36. The van der Waals surface area contributed by atoms with E-state index in [0.717, 1.165) is 55.2 Å². The number of piperidine rings is 1. The van der Waals surface area contributed by atoms with Crippen molar-refractivity contribution >= 4 is 25.9 Å². The van der Waals surface area contributed by atoms with E-state index in [2.05, 4.69) is 44.8 Å². The van der Waals surface area contributed by atoms with Gasteiger partial charge < -0.3 is 14.4 Å². The van der Waals surface area contributed by atoms with Gasteiger partial charge in [0, 0.05) is 31.8 Å². The van der Waals surface area contributed by atoms with Crippen LogP contribution in [0.4, 0.5) is 10.6 Å². The largest absolute Gasteiger partial charge is 0.465 e. The maximum Gasteiger partial charge on any atom is 0.407 e. The second-order valence-corrected chi connectivity index (χ2v) is 15.1. The minimum absolute atomic E-state index is 0.124. The molecule has 1 atom stereocenters. The van der Waals surface area contributed by atoms with Gasteiger partial charge >= 0.3 is 6.09 Å². The van der Waals surface area contributed by atoms with Crippen molar-refractivity contribution < 1.29 is 14.3 Å². The highest BCUT2D eigenvalue weighted by Crippen LogP contribution is 2.37. The number of nitrogens with zero attached hydrogens (tertiary/aromatic N) is 5. The fourth-order valence-corrected chi connectivity index (χ4v) is 4.89. The molecule has 9 heteroatoms. The number of rotatable bonds is 5. The van der Waals surface area contributed by atoms with Gasteiger partial charge in [-0.25, -0.2) is 14.3 Å². The summed E-state index contributed by atoms with van der Waals surface area (Å²) in [6.45, 7) is 14.3. The monoisotopic (exact) mass is 445 g/mol. The Morgan fingerprint density at radius 3 is 2.55 bits per heavy atom. The second-order valence-electron chi connectivity index (χ2n) is 10.3. The van der Waals surface area contributed by atoms with Crippen LogP contribution < -0.4 is 4.90 Å². The molecule has 8 nitrogen and oxygen atoms in total. The van der Waals surface area contributed by atoms with Gasteiger partial charge in [-0.15, -0.1) is 0 Å². The lowest BCUT2D eigenvalue weighted by molar-refractivity contribution is 0.105. The molecule has 0 radical (unpaired) electrons. The molecule has 4 heterocycles. The van der Waals surface area contributed by atoms with Gasteiger partial charge in [-0.1, -0.05) is 20.8 Å². The first-order valence-corrected chi connectivity index (χ1v) is 14.3. The number of carboxylic acid groups (broad SMARTS) is 1. The van der Waals surface area contributed by atoms with Gasteiger partial charge in [0.05, 0.1) is 24.0 Å². The van der Waals surface area contributed by atoms with Gasteiger partial charge in [-0.05, 0) is 43.8 Å². The van der Waals surface area contributed by atoms with E-state index in [1.807, 2.05) is 10.6 Å². The zero-order chi connectivity index (χ0) is 22.4. The molecule has 0 aromatic carbocycles. The topological polar surface area (TPSA) is 83.2 Å². The minimum Gasteiger partial charge on any atom is -0.465 e. The van der Waals surface area contributed by atoms with Gasteiger partial charge in [-0.2, -0.15) is 5.10 Å². The summed E-state index contributed by atoms with van der Waals surface area (Å²) >= 11 is 0. The van der Waals surface area contributed by atoms with E-state index in [-0.39, 0.29) is 11.1 Å². The summed E-state index contributed by atoms with van der Waals surface area (Å²) in [6.07, 6.45) is 3.01. The molecule has 170 valence electrons. The zero-order valence-corrected chi connectivity index (χ0v) is 20.4. The van der Waals surface area contributed by atoms with Gasteiger partial charge in [0.15, 0.2) is 14.0 Å². The number of hydrogen-bond acceptors (Lipinski definition) is 5. The first-order valence-electron chi connectivity index (χ1n) is 11.3. The molecular weight excluding hydrogens is 410 g/mol. The van der Waals surface area contributed by atoms with E-state index in [1.165, 1.54) is 11.3 Å². The molecule has 2 aromatic rings. The molecule has 2 aromatic heterocycles. The summed E-state index contributed by atoms with van der Waals surface area (Å²) in [5.74, 6) is 0.956. The predicted octanol–water partition coefficient (Wildman–Crippen LogP) is 4.67. The Balaban J connectivity index is 1.70. The maximum atomic E-state index is 11.8. The highest BCUT2D eigenvalue weighted by molar-refractivity contribution is 6.74. The van der Waals surface area contributed by atoms with Crippen molar-refractivity contribution in [3.63, 3.8) is 0 Å². The second kappa shape index (κ2) is 8.09. The molecule has 0 spiro atoms. The molecule has 2 saturated heterocycles. The molecule has 2 aliphatic heterocycles. The molecule has 0 unspecified atom stereocenters. The van der Waals surface area contributed by atoms with Crippen LogP contribution in [0.2, 0.25) is 18.1 Å². The van der Waals surface area contributed by atoms with Crippen LogP contribution in [0.1, 0.15) is 63.9 Å². The van der Waals surface area contributed by atoms with Gasteiger partial charge in [0.25, 0.3) is 0 Å². The molecule has 0 saturated carbocycles. The normalized spacial score (nSPS) is 20.2. The molecule has 4 rings (SSSR count). The first kappa shape index (κ1) is 22.1. The molecule has 2 aliphatic rings. The first-order chi connectivity index (χ1) is 14.6. The molecule has 1 N–H and O–H groups in total. The number of carbonyl (C=O) groups is 1. The maximum absolute atomic E-state index is 11.8. The van der Waals surface area contributed by atoms with Crippen molar-refractivity contribution in [3.8, 4) is 0 Å². The van der Waals surface area contributed by atoms with Crippen LogP contribution in [0.5, 0.6) is 0 Å². The van der Waals surface area contributed by atoms with Crippen LogP contribution in [0, 0.1) is 0 Å². The summed E-state index contributed by atoms with van der Waals surface area (Å²) in [7, 11) is -1.93. The van der Waals surface area contributed by atoms with Crippen LogP contribution in [-0.4, -0.2) is 58.6 Å². The van der Waals surface area contributed by atoms with Crippen LogP contribution in [0.15, 0.2) is 12.1 Å². The highest BCUT2D eigenvalue weighted by atomic mass is 28.4. The fraction of sp³-hybridized carbons (Fsp3) is 0.682. The average molecular weight is 446 g/mol. The Labute approximate surface area is 185 Å². The van der Waals surface area contributed by atoms with E-state index in [1.54, 1.807) is 0 Å². The third-order valence-corrected chi connectivity index (χ3v) is 11.6.